The van der Waals surface area contributed by atoms with Gasteiger partial charge in [-0.05, 0) is 18.6 Å². The van der Waals surface area contributed by atoms with Gasteiger partial charge in [-0.1, -0.05) is 18.5 Å². The van der Waals surface area contributed by atoms with Crippen LogP contribution in [0.25, 0.3) is 0 Å². The van der Waals surface area contributed by atoms with Gasteiger partial charge in [0.2, 0.25) is 0 Å². The van der Waals surface area contributed by atoms with Crippen molar-refractivity contribution >= 4 is 30.2 Å². The highest BCUT2D eigenvalue weighted by Gasteiger charge is 2.12. The van der Waals surface area contributed by atoms with Crippen molar-refractivity contribution in [1.29, 1.82) is 0 Å². The first-order valence-corrected chi connectivity index (χ1v) is 5.73. The van der Waals surface area contributed by atoms with Crippen LogP contribution in [0.3, 0.4) is 0 Å². The van der Waals surface area contributed by atoms with Crippen molar-refractivity contribution in [1.82, 2.24) is 0 Å². The lowest BCUT2D eigenvalue weighted by Crippen LogP contribution is -2.05. The fourth-order valence-corrected chi connectivity index (χ4v) is 1.96. The number of benzene rings is 1. The molecule has 0 fully saturated rings. The molecule has 3 nitrogen and oxygen atoms in total. The van der Waals surface area contributed by atoms with Crippen LogP contribution in [0.4, 0.5) is 0 Å². The summed E-state index contributed by atoms with van der Waals surface area (Å²) in [5.41, 5.74) is 0.554. The van der Waals surface area contributed by atoms with E-state index in [0.29, 0.717) is 27.8 Å². The molecule has 1 aromatic carbocycles. The van der Waals surface area contributed by atoms with Gasteiger partial charge in [-0.15, -0.1) is 12.6 Å². The maximum atomic E-state index is 10.7. The molecule has 0 aliphatic heterocycles. The lowest BCUT2D eigenvalue weighted by Gasteiger charge is -2.12. The minimum atomic E-state index is -0.920. The molecule has 88 valence electrons. The highest BCUT2D eigenvalue weighted by atomic mass is 35.5. The third kappa shape index (κ3) is 3.61. The fraction of sp³-hybridized carbons (Fsp3) is 0.364. The Kier molecular flexibility index (Phi) is 4.96. The van der Waals surface area contributed by atoms with E-state index in [1.54, 1.807) is 12.1 Å². The maximum Gasteiger partial charge on any atom is 0.307 e. The summed E-state index contributed by atoms with van der Waals surface area (Å²) >= 11 is 10.1. The van der Waals surface area contributed by atoms with Gasteiger partial charge in [0.1, 0.15) is 5.75 Å². The average molecular weight is 261 g/mol. The van der Waals surface area contributed by atoms with E-state index >= 15 is 0 Å². The molecule has 0 bridgehead atoms. The molecule has 0 aromatic heterocycles. The van der Waals surface area contributed by atoms with E-state index < -0.39 is 5.97 Å². The van der Waals surface area contributed by atoms with Crippen LogP contribution in [-0.2, 0) is 11.2 Å². The topological polar surface area (TPSA) is 46.5 Å². The molecule has 0 amide bonds. The molecule has 0 aliphatic carbocycles. The summed E-state index contributed by atoms with van der Waals surface area (Å²) in [4.78, 5) is 11.3. The Labute approximate surface area is 105 Å². The van der Waals surface area contributed by atoms with E-state index in [1.165, 1.54) is 0 Å². The van der Waals surface area contributed by atoms with Crippen LogP contribution >= 0.6 is 24.2 Å². The second-order valence-electron chi connectivity index (χ2n) is 3.33. The molecular weight excluding hydrogens is 248 g/mol. The minimum Gasteiger partial charge on any atom is -0.492 e. The Balaban J connectivity index is 3.05. The quantitative estimate of drug-likeness (QED) is 0.800. The molecule has 0 saturated carbocycles. The lowest BCUT2D eigenvalue weighted by molar-refractivity contribution is -0.136. The van der Waals surface area contributed by atoms with Crippen LogP contribution in [0.5, 0.6) is 5.75 Å². The van der Waals surface area contributed by atoms with E-state index in [9.17, 15) is 4.79 Å². The van der Waals surface area contributed by atoms with Crippen LogP contribution in [0.2, 0.25) is 5.02 Å². The first-order valence-electron chi connectivity index (χ1n) is 4.90. The number of thiol groups is 1. The molecule has 0 unspecified atom stereocenters. The molecule has 0 heterocycles. The third-order valence-electron chi connectivity index (χ3n) is 1.90. The standard InChI is InChI=1S/C11H13ClO3S/c1-2-3-15-11-7(5-10(13)14)4-8(12)6-9(11)16/h4,6,16H,2-3,5H2,1H3,(H,13,14). The van der Waals surface area contributed by atoms with Gasteiger partial charge in [0.05, 0.1) is 13.0 Å². The van der Waals surface area contributed by atoms with Crippen LogP contribution in [0.1, 0.15) is 18.9 Å². The molecular formula is C11H13ClO3S. The minimum absolute atomic E-state index is 0.118. The smallest absolute Gasteiger partial charge is 0.307 e. The number of rotatable bonds is 5. The van der Waals surface area contributed by atoms with Gasteiger partial charge >= 0.3 is 5.97 Å². The summed E-state index contributed by atoms with van der Waals surface area (Å²) < 4.78 is 5.47. The summed E-state index contributed by atoms with van der Waals surface area (Å²) in [6, 6.07) is 3.24. The zero-order chi connectivity index (χ0) is 12.1. The predicted octanol–water partition coefficient (Wildman–Crippen LogP) is 3.04. The molecule has 0 aliphatic rings. The third-order valence-corrected chi connectivity index (χ3v) is 2.45. The Morgan fingerprint density at radius 1 is 1.56 bits per heavy atom. The summed E-state index contributed by atoms with van der Waals surface area (Å²) in [6.07, 6.45) is 0.732. The number of hydrogen-bond acceptors (Lipinski definition) is 3. The van der Waals surface area contributed by atoms with Crippen LogP contribution in [0, 0.1) is 0 Å². The number of ether oxygens (including phenoxy) is 1. The summed E-state index contributed by atoms with van der Waals surface area (Å²) in [5, 5.41) is 9.24. The van der Waals surface area contributed by atoms with E-state index in [2.05, 4.69) is 12.6 Å². The Hall–Kier alpha value is -0.870. The van der Waals surface area contributed by atoms with Gasteiger partial charge in [0.15, 0.2) is 0 Å². The number of halogens is 1. The van der Waals surface area contributed by atoms with Crippen LogP contribution in [-0.4, -0.2) is 17.7 Å². The van der Waals surface area contributed by atoms with Crippen LogP contribution in [0.15, 0.2) is 17.0 Å². The molecule has 0 spiro atoms. The highest BCUT2D eigenvalue weighted by molar-refractivity contribution is 7.80. The number of aliphatic carboxylic acids is 1. The normalized spacial score (nSPS) is 10.2. The van der Waals surface area contributed by atoms with Gasteiger partial charge < -0.3 is 9.84 Å². The molecule has 1 rings (SSSR count). The SMILES string of the molecule is CCCOc1c(S)cc(Cl)cc1CC(=O)O. The Morgan fingerprint density at radius 3 is 2.81 bits per heavy atom. The Bertz CT molecular complexity index is 393. The summed E-state index contributed by atoms with van der Waals surface area (Å²) in [5.74, 6) is -0.409. The van der Waals surface area contributed by atoms with Crippen molar-refractivity contribution in [3.05, 3.63) is 22.7 Å². The number of hydrogen-bond donors (Lipinski definition) is 2. The van der Waals surface area contributed by atoms with Gasteiger partial charge in [0, 0.05) is 15.5 Å². The Morgan fingerprint density at radius 2 is 2.25 bits per heavy atom. The average Bonchev–Trinajstić information content (AvgIpc) is 2.15. The van der Waals surface area contributed by atoms with Crippen molar-refractivity contribution in [2.45, 2.75) is 24.7 Å². The summed E-state index contributed by atoms with van der Waals surface area (Å²) in [7, 11) is 0. The van der Waals surface area contributed by atoms with Gasteiger partial charge in [-0.3, -0.25) is 4.79 Å². The van der Waals surface area contributed by atoms with Gasteiger partial charge in [0.25, 0.3) is 0 Å². The van der Waals surface area contributed by atoms with E-state index in [0.717, 1.165) is 6.42 Å². The number of carboxylic acids is 1. The second-order valence-corrected chi connectivity index (χ2v) is 4.25. The second kappa shape index (κ2) is 6.01. The first kappa shape index (κ1) is 13.2. The molecule has 5 heteroatoms. The van der Waals surface area contributed by atoms with Crippen molar-refractivity contribution in [2.75, 3.05) is 6.61 Å². The van der Waals surface area contributed by atoms with Crippen molar-refractivity contribution in [3.63, 3.8) is 0 Å². The maximum absolute atomic E-state index is 10.7. The van der Waals surface area contributed by atoms with Gasteiger partial charge in [-0.25, -0.2) is 0 Å². The fourth-order valence-electron chi connectivity index (χ4n) is 1.30. The molecule has 16 heavy (non-hydrogen) atoms. The molecule has 0 radical (unpaired) electrons. The van der Waals surface area contributed by atoms with E-state index in [4.69, 9.17) is 21.4 Å². The van der Waals surface area contributed by atoms with Crippen molar-refractivity contribution in [2.24, 2.45) is 0 Å². The predicted molar refractivity (Wildman–Crippen MR) is 65.8 cm³/mol. The molecule has 0 atom stereocenters. The van der Waals surface area contributed by atoms with Gasteiger partial charge in [-0.2, -0.15) is 0 Å². The van der Waals surface area contributed by atoms with E-state index in [1.807, 2.05) is 6.92 Å². The lowest BCUT2D eigenvalue weighted by atomic mass is 10.1. The zero-order valence-corrected chi connectivity index (χ0v) is 10.5. The number of carbonyl (C=O) groups is 1. The molecule has 0 saturated heterocycles. The van der Waals surface area contributed by atoms with E-state index in [-0.39, 0.29) is 6.42 Å². The molecule has 1 aromatic rings. The van der Waals surface area contributed by atoms with Crippen LogP contribution < -0.4 is 4.74 Å². The summed E-state index contributed by atoms with van der Waals surface area (Å²) in [6.45, 7) is 2.51. The largest absolute Gasteiger partial charge is 0.492 e. The first-order chi connectivity index (χ1) is 7.54. The number of carboxylic acid groups (broad SMARTS) is 1. The van der Waals surface area contributed by atoms with Crippen molar-refractivity contribution < 1.29 is 14.6 Å². The monoisotopic (exact) mass is 260 g/mol. The highest BCUT2D eigenvalue weighted by Crippen LogP contribution is 2.31. The zero-order valence-electron chi connectivity index (χ0n) is 8.86. The molecule has 1 N–H and O–H groups in total. The van der Waals surface area contributed by atoms with Crippen molar-refractivity contribution in [3.8, 4) is 5.75 Å².